The van der Waals surface area contributed by atoms with Crippen molar-refractivity contribution in [3.63, 3.8) is 0 Å². The molecule has 0 spiro atoms. The van der Waals surface area contributed by atoms with Crippen molar-refractivity contribution in [3.05, 3.63) is 28.8 Å². The molecule has 0 saturated heterocycles. The second-order valence-corrected chi connectivity index (χ2v) is 4.80. The van der Waals surface area contributed by atoms with Gasteiger partial charge >= 0.3 is 0 Å². The van der Waals surface area contributed by atoms with Crippen LogP contribution >= 0.6 is 0 Å². The Bertz CT molecular complexity index is 459. The first-order chi connectivity index (χ1) is 7.58. The van der Waals surface area contributed by atoms with E-state index in [0.717, 1.165) is 35.3 Å². The molecule has 0 fully saturated rings. The maximum absolute atomic E-state index is 9.43. The predicted molar refractivity (Wildman–Crippen MR) is 63.6 cm³/mol. The van der Waals surface area contributed by atoms with Gasteiger partial charge in [0.05, 0.1) is 18.1 Å². The van der Waals surface area contributed by atoms with Crippen LogP contribution in [0.5, 0.6) is 5.75 Å². The molecule has 84 valence electrons. The Balaban J connectivity index is 2.71. The molecule has 1 heterocycles. The van der Waals surface area contributed by atoms with Crippen LogP contribution in [0.15, 0.2) is 12.1 Å². The number of benzene rings is 1. The van der Waals surface area contributed by atoms with Gasteiger partial charge in [-0.25, -0.2) is 0 Å². The zero-order valence-electron chi connectivity index (χ0n) is 10.1. The van der Waals surface area contributed by atoms with Crippen LogP contribution in [0.25, 0.3) is 0 Å². The fourth-order valence-corrected chi connectivity index (χ4v) is 2.49. The number of hydrogen-bond donors (Lipinski definition) is 0. The number of hydrogen-bond acceptors (Lipinski definition) is 2. The molecule has 1 unspecified atom stereocenters. The molecule has 1 aromatic carbocycles. The fraction of sp³-hybridized carbons (Fsp3) is 0.500. The number of aryl methyl sites for hydroxylation is 2. The monoisotopic (exact) mass is 215 g/mol. The van der Waals surface area contributed by atoms with Gasteiger partial charge in [-0.15, -0.1) is 0 Å². The van der Waals surface area contributed by atoms with Gasteiger partial charge in [-0.05, 0) is 44.7 Å². The molecular formula is C14H17NO. The smallest absolute Gasteiger partial charge is 0.127 e. The lowest BCUT2D eigenvalue weighted by Crippen LogP contribution is -2.20. The molecule has 2 heteroatoms. The third-order valence-electron chi connectivity index (χ3n) is 3.43. The van der Waals surface area contributed by atoms with Crippen LogP contribution in [-0.2, 0) is 5.41 Å². The summed E-state index contributed by atoms with van der Waals surface area (Å²) in [5.74, 6) is 0.932. The van der Waals surface area contributed by atoms with Crippen molar-refractivity contribution < 1.29 is 4.74 Å². The van der Waals surface area contributed by atoms with E-state index in [1.807, 2.05) is 13.8 Å². The summed E-state index contributed by atoms with van der Waals surface area (Å²) in [6.07, 6.45) is 1.82. The molecule has 1 aliphatic heterocycles. The Hall–Kier alpha value is -1.49. The number of nitrogens with zero attached hydrogens (tertiary/aromatic N) is 1. The summed E-state index contributed by atoms with van der Waals surface area (Å²) >= 11 is 0. The van der Waals surface area contributed by atoms with Gasteiger partial charge in [-0.3, -0.25) is 0 Å². The third-order valence-corrected chi connectivity index (χ3v) is 3.43. The molecule has 1 atom stereocenters. The van der Waals surface area contributed by atoms with E-state index in [2.05, 4.69) is 25.1 Å². The molecule has 0 aromatic heterocycles. The van der Waals surface area contributed by atoms with Gasteiger partial charge < -0.3 is 4.74 Å². The van der Waals surface area contributed by atoms with Gasteiger partial charge in [-0.2, -0.15) is 5.26 Å². The number of ether oxygens (including phenoxy) is 1. The Kier molecular flexibility index (Phi) is 2.63. The molecule has 0 radical (unpaired) electrons. The summed E-state index contributed by atoms with van der Waals surface area (Å²) in [6.45, 7) is 6.84. The average Bonchev–Trinajstić information content (AvgIpc) is 2.45. The molecule has 16 heavy (non-hydrogen) atoms. The molecule has 1 aliphatic rings. The predicted octanol–water partition coefficient (Wildman–Crippen LogP) is 3.26. The normalized spacial score (nSPS) is 23.9. The Morgan fingerprint density at radius 2 is 2.00 bits per heavy atom. The molecule has 0 saturated carbocycles. The minimum atomic E-state index is -0.401. The first-order valence-electron chi connectivity index (χ1n) is 5.73. The van der Waals surface area contributed by atoms with Gasteiger partial charge in [0.2, 0.25) is 0 Å². The molecule has 0 bridgehead atoms. The molecule has 0 amide bonds. The van der Waals surface area contributed by atoms with Crippen LogP contribution in [0.2, 0.25) is 0 Å². The minimum Gasteiger partial charge on any atom is -0.493 e. The van der Waals surface area contributed by atoms with Gasteiger partial charge in [-0.1, -0.05) is 12.1 Å². The van der Waals surface area contributed by atoms with E-state index in [1.165, 1.54) is 0 Å². The van der Waals surface area contributed by atoms with Crippen molar-refractivity contribution in [2.45, 2.75) is 39.0 Å². The molecule has 0 N–H and O–H groups in total. The summed E-state index contributed by atoms with van der Waals surface area (Å²) in [5.41, 5.74) is 2.98. The first kappa shape index (κ1) is 11.0. The van der Waals surface area contributed by atoms with Gasteiger partial charge in [0.15, 0.2) is 0 Å². The fourth-order valence-electron chi connectivity index (χ4n) is 2.49. The first-order valence-corrected chi connectivity index (χ1v) is 5.73. The van der Waals surface area contributed by atoms with Crippen molar-refractivity contribution in [1.29, 1.82) is 5.26 Å². The lowest BCUT2D eigenvalue weighted by Gasteiger charge is -2.24. The van der Waals surface area contributed by atoms with E-state index in [0.29, 0.717) is 6.61 Å². The van der Waals surface area contributed by atoms with Crippen molar-refractivity contribution in [1.82, 2.24) is 0 Å². The summed E-state index contributed by atoms with van der Waals surface area (Å²) in [4.78, 5) is 0. The zero-order valence-corrected chi connectivity index (χ0v) is 10.1. The number of nitriles is 1. The largest absolute Gasteiger partial charge is 0.493 e. The number of fused-ring (bicyclic) bond motifs is 1. The SMILES string of the molecule is Cc1ccc(C)c2c1OCCCC2(C)C#N. The van der Waals surface area contributed by atoms with E-state index in [-0.39, 0.29) is 0 Å². The Labute approximate surface area is 96.9 Å². The second-order valence-electron chi connectivity index (χ2n) is 4.80. The summed E-state index contributed by atoms with van der Waals surface area (Å²) in [6, 6.07) is 6.61. The second kappa shape index (κ2) is 3.83. The molecule has 2 rings (SSSR count). The van der Waals surface area contributed by atoms with Crippen LogP contribution in [0, 0.1) is 25.2 Å². The standard InChI is InChI=1S/C14H17NO/c1-10-5-6-11(2)13-12(10)14(3,9-15)7-4-8-16-13/h5-6H,4,7-8H2,1-3H3. The summed E-state index contributed by atoms with van der Waals surface area (Å²) < 4.78 is 5.81. The minimum absolute atomic E-state index is 0.401. The van der Waals surface area contributed by atoms with E-state index in [4.69, 9.17) is 4.74 Å². The van der Waals surface area contributed by atoms with Crippen LogP contribution < -0.4 is 4.74 Å². The van der Waals surface area contributed by atoms with Crippen LogP contribution in [-0.4, -0.2) is 6.61 Å². The topological polar surface area (TPSA) is 33.0 Å². The maximum Gasteiger partial charge on any atom is 0.127 e. The highest BCUT2D eigenvalue weighted by Gasteiger charge is 2.33. The van der Waals surface area contributed by atoms with Crippen molar-refractivity contribution in [3.8, 4) is 11.8 Å². The van der Waals surface area contributed by atoms with Crippen molar-refractivity contribution in [2.24, 2.45) is 0 Å². The van der Waals surface area contributed by atoms with Gasteiger partial charge in [0.25, 0.3) is 0 Å². The van der Waals surface area contributed by atoms with Gasteiger partial charge in [0.1, 0.15) is 5.75 Å². The highest BCUT2D eigenvalue weighted by atomic mass is 16.5. The molecule has 0 aliphatic carbocycles. The van der Waals surface area contributed by atoms with E-state index < -0.39 is 5.41 Å². The zero-order chi connectivity index (χ0) is 11.8. The van der Waals surface area contributed by atoms with Crippen molar-refractivity contribution >= 4 is 0 Å². The quantitative estimate of drug-likeness (QED) is 0.665. The number of rotatable bonds is 0. The molecule has 2 nitrogen and oxygen atoms in total. The highest BCUT2D eigenvalue weighted by molar-refractivity contribution is 5.52. The van der Waals surface area contributed by atoms with Crippen molar-refractivity contribution in [2.75, 3.05) is 6.61 Å². The van der Waals surface area contributed by atoms with Gasteiger partial charge in [0, 0.05) is 5.56 Å². The van der Waals surface area contributed by atoms with E-state index in [1.54, 1.807) is 0 Å². The average molecular weight is 215 g/mol. The Morgan fingerprint density at radius 3 is 2.69 bits per heavy atom. The molecular weight excluding hydrogens is 198 g/mol. The third kappa shape index (κ3) is 1.57. The van der Waals surface area contributed by atoms with E-state index in [9.17, 15) is 5.26 Å². The lowest BCUT2D eigenvalue weighted by atomic mass is 9.77. The summed E-state index contributed by atoms with van der Waals surface area (Å²) in [5, 5.41) is 9.43. The van der Waals surface area contributed by atoms with Crippen LogP contribution in [0.3, 0.4) is 0 Å². The molecule has 1 aromatic rings. The lowest BCUT2D eigenvalue weighted by molar-refractivity contribution is 0.313. The maximum atomic E-state index is 9.43. The van der Waals surface area contributed by atoms with Crippen LogP contribution in [0.1, 0.15) is 36.5 Å². The van der Waals surface area contributed by atoms with Crippen LogP contribution in [0.4, 0.5) is 0 Å². The van der Waals surface area contributed by atoms with E-state index >= 15 is 0 Å². The highest BCUT2D eigenvalue weighted by Crippen LogP contribution is 2.41. The summed E-state index contributed by atoms with van der Waals surface area (Å²) in [7, 11) is 0. The Morgan fingerprint density at radius 1 is 1.31 bits per heavy atom.